The van der Waals surface area contributed by atoms with Crippen LogP contribution in [-0.2, 0) is 10.2 Å². The minimum absolute atomic E-state index is 0.207. The molecule has 0 aliphatic carbocycles. The predicted octanol–water partition coefficient (Wildman–Crippen LogP) is 2.61. The molecule has 18 heavy (non-hydrogen) atoms. The van der Waals surface area contributed by atoms with Gasteiger partial charge < -0.3 is 10.4 Å². The van der Waals surface area contributed by atoms with Crippen LogP contribution in [0.2, 0.25) is 0 Å². The second kappa shape index (κ2) is 5.41. The number of hydrogen-bond donors (Lipinski definition) is 2. The number of rotatable bonds is 4. The van der Waals surface area contributed by atoms with Gasteiger partial charge in [-0.25, -0.2) is 0 Å². The van der Waals surface area contributed by atoms with Gasteiger partial charge in [0.05, 0.1) is 0 Å². The summed E-state index contributed by atoms with van der Waals surface area (Å²) in [5.41, 5.74) is -0.425. The van der Waals surface area contributed by atoms with Crippen molar-refractivity contribution >= 4 is 21.8 Å². The standard InChI is InChI=1S/C14H20BrNO2/c1-13(2,9-16-12(17)14(3,4)18)10-7-5-6-8-11(10)15/h5-8,18H,9H2,1-4H3,(H,16,17). The van der Waals surface area contributed by atoms with Crippen LogP contribution in [0.25, 0.3) is 0 Å². The molecule has 2 N–H and O–H groups in total. The molecular formula is C14H20BrNO2. The molecule has 0 bridgehead atoms. The van der Waals surface area contributed by atoms with Crippen molar-refractivity contribution in [2.45, 2.75) is 38.7 Å². The molecule has 0 aliphatic rings. The van der Waals surface area contributed by atoms with Gasteiger partial charge in [-0.3, -0.25) is 4.79 Å². The number of benzene rings is 1. The number of nitrogens with one attached hydrogen (secondary N) is 1. The number of carbonyl (C=O) groups excluding carboxylic acids is 1. The van der Waals surface area contributed by atoms with Gasteiger partial charge in [-0.1, -0.05) is 48.0 Å². The molecule has 0 fully saturated rings. The Morgan fingerprint density at radius 1 is 1.28 bits per heavy atom. The lowest BCUT2D eigenvalue weighted by Gasteiger charge is -2.28. The highest BCUT2D eigenvalue weighted by Gasteiger charge is 2.28. The van der Waals surface area contributed by atoms with Crippen molar-refractivity contribution in [1.29, 1.82) is 0 Å². The van der Waals surface area contributed by atoms with Crippen molar-refractivity contribution in [2.75, 3.05) is 6.54 Å². The molecule has 1 aromatic rings. The van der Waals surface area contributed by atoms with E-state index in [1.54, 1.807) is 0 Å². The van der Waals surface area contributed by atoms with Crippen molar-refractivity contribution < 1.29 is 9.90 Å². The largest absolute Gasteiger partial charge is 0.381 e. The zero-order valence-corrected chi connectivity index (χ0v) is 12.8. The van der Waals surface area contributed by atoms with Crippen LogP contribution >= 0.6 is 15.9 Å². The average Bonchev–Trinajstić information content (AvgIpc) is 2.25. The third kappa shape index (κ3) is 3.82. The first-order valence-electron chi connectivity index (χ1n) is 5.90. The van der Waals surface area contributed by atoms with E-state index in [0.717, 1.165) is 10.0 Å². The van der Waals surface area contributed by atoms with Crippen molar-refractivity contribution in [3.05, 3.63) is 34.3 Å². The van der Waals surface area contributed by atoms with Gasteiger partial charge in [0.25, 0.3) is 5.91 Å². The van der Waals surface area contributed by atoms with Gasteiger partial charge in [-0.15, -0.1) is 0 Å². The van der Waals surface area contributed by atoms with E-state index in [9.17, 15) is 9.90 Å². The van der Waals surface area contributed by atoms with E-state index in [4.69, 9.17) is 0 Å². The van der Waals surface area contributed by atoms with E-state index in [1.807, 2.05) is 24.3 Å². The molecule has 0 spiro atoms. The summed E-state index contributed by atoms with van der Waals surface area (Å²) in [7, 11) is 0. The molecule has 0 aromatic heterocycles. The zero-order chi connectivity index (χ0) is 14.0. The van der Waals surface area contributed by atoms with Gasteiger partial charge in [-0.05, 0) is 25.5 Å². The fourth-order valence-electron chi connectivity index (χ4n) is 1.62. The summed E-state index contributed by atoms with van der Waals surface area (Å²) in [5.74, 6) is -0.359. The van der Waals surface area contributed by atoms with E-state index < -0.39 is 5.60 Å². The van der Waals surface area contributed by atoms with Crippen molar-refractivity contribution in [1.82, 2.24) is 5.32 Å². The van der Waals surface area contributed by atoms with Gasteiger partial charge >= 0.3 is 0 Å². The Bertz CT molecular complexity index is 436. The highest BCUT2D eigenvalue weighted by atomic mass is 79.9. The highest BCUT2D eigenvalue weighted by Crippen LogP contribution is 2.29. The first kappa shape index (κ1) is 15.2. The number of aliphatic hydroxyl groups is 1. The summed E-state index contributed by atoms with van der Waals surface area (Å²) in [5, 5.41) is 12.4. The van der Waals surface area contributed by atoms with Crippen molar-refractivity contribution in [3.8, 4) is 0 Å². The van der Waals surface area contributed by atoms with Crippen LogP contribution in [0.4, 0.5) is 0 Å². The molecule has 4 heteroatoms. The normalized spacial score (nSPS) is 12.3. The summed E-state index contributed by atoms with van der Waals surface area (Å²) < 4.78 is 1.02. The lowest BCUT2D eigenvalue weighted by atomic mass is 9.84. The zero-order valence-electron chi connectivity index (χ0n) is 11.2. The van der Waals surface area contributed by atoms with Crippen molar-refractivity contribution in [3.63, 3.8) is 0 Å². The average molecular weight is 314 g/mol. The smallest absolute Gasteiger partial charge is 0.251 e. The van der Waals surface area contributed by atoms with Gasteiger partial charge in [0.1, 0.15) is 5.60 Å². The SMILES string of the molecule is CC(C)(O)C(=O)NCC(C)(C)c1ccccc1Br. The Balaban J connectivity index is 2.78. The maximum absolute atomic E-state index is 11.7. The predicted molar refractivity (Wildman–Crippen MR) is 76.5 cm³/mol. The Kier molecular flexibility index (Phi) is 4.56. The highest BCUT2D eigenvalue weighted by molar-refractivity contribution is 9.10. The van der Waals surface area contributed by atoms with E-state index in [1.165, 1.54) is 13.8 Å². The van der Waals surface area contributed by atoms with Crippen LogP contribution in [0.15, 0.2) is 28.7 Å². The fourth-order valence-corrected chi connectivity index (χ4v) is 2.44. The molecule has 0 heterocycles. The Hall–Kier alpha value is -0.870. The third-order valence-corrected chi connectivity index (χ3v) is 3.54. The van der Waals surface area contributed by atoms with Gasteiger partial charge in [0.15, 0.2) is 0 Å². The van der Waals surface area contributed by atoms with E-state index in [-0.39, 0.29) is 11.3 Å². The molecule has 0 saturated carbocycles. The molecule has 0 radical (unpaired) electrons. The van der Waals surface area contributed by atoms with Crippen molar-refractivity contribution in [2.24, 2.45) is 0 Å². The minimum atomic E-state index is -1.34. The molecule has 1 rings (SSSR count). The number of amides is 1. The molecule has 0 saturated heterocycles. The molecule has 0 aliphatic heterocycles. The topological polar surface area (TPSA) is 49.3 Å². The molecule has 1 aromatic carbocycles. The van der Waals surface area contributed by atoms with Crippen LogP contribution < -0.4 is 5.32 Å². The summed E-state index contributed by atoms with van der Waals surface area (Å²) in [6.07, 6.45) is 0. The molecule has 100 valence electrons. The Morgan fingerprint density at radius 2 is 1.83 bits per heavy atom. The van der Waals surface area contributed by atoms with Crippen LogP contribution in [0.3, 0.4) is 0 Å². The molecule has 3 nitrogen and oxygen atoms in total. The second-order valence-corrected chi connectivity index (χ2v) is 6.46. The number of hydrogen-bond acceptors (Lipinski definition) is 2. The summed E-state index contributed by atoms with van der Waals surface area (Å²) >= 11 is 3.52. The van der Waals surface area contributed by atoms with Crippen LogP contribution in [-0.4, -0.2) is 23.2 Å². The quantitative estimate of drug-likeness (QED) is 0.897. The van der Waals surface area contributed by atoms with Gasteiger partial charge in [0.2, 0.25) is 0 Å². The molecule has 0 atom stereocenters. The lowest BCUT2D eigenvalue weighted by Crippen LogP contribution is -2.46. The van der Waals surface area contributed by atoms with E-state index >= 15 is 0 Å². The fraction of sp³-hybridized carbons (Fsp3) is 0.500. The van der Waals surface area contributed by atoms with Crippen LogP contribution in [0.5, 0.6) is 0 Å². The molecular weight excluding hydrogens is 294 g/mol. The molecule has 1 amide bonds. The second-order valence-electron chi connectivity index (χ2n) is 5.61. The van der Waals surface area contributed by atoms with Crippen LogP contribution in [0, 0.1) is 0 Å². The Labute approximate surface area is 117 Å². The first-order valence-corrected chi connectivity index (χ1v) is 6.69. The third-order valence-electron chi connectivity index (χ3n) is 2.85. The Morgan fingerprint density at radius 3 is 2.33 bits per heavy atom. The van der Waals surface area contributed by atoms with Crippen LogP contribution in [0.1, 0.15) is 33.3 Å². The lowest BCUT2D eigenvalue weighted by molar-refractivity contribution is -0.136. The number of carbonyl (C=O) groups is 1. The molecule has 0 unspecified atom stereocenters. The monoisotopic (exact) mass is 313 g/mol. The summed E-state index contributed by atoms with van der Waals surface area (Å²) in [6.45, 7) is 7.54. The van der Waals surface area contributed by atoms with Gasteiger partial charge in [-0.2, -0.15) is 0 Å². The number of halogens is 1. The summed E-state index contributed by atoms with van der Waals surface area (Å²) in [4.78, 5) is 11.7. The first-order chi connectivity index (χ1) is 8.14. The minimum Gasteiger partial charge on any atom is -0.381 e. The van der Waals surface area contributed by atoms with E-state index in [2.05, 4.69) is 35.1 Å². The van der Waals surface area contributed by atoms with Gasteiger partial charge in [0, 0.05) is 16.4 Å². The maximum atomic E-state index is 11.7. The maximum Gasteiger partial charge on any atom is 0.251 e. The summed E-state index contributed by atoms with van der Waals surface area (Å²) in [6, 6.07) is 7.94. The van der Waals surface area contributed by atoms with E-state index in [0.29, 0.717) is 6.54 Å².